The van der Waals surface area contributed by atoms with Crippen LogP contribution in [0.4, 0.5) is 0 Å². The van der Waals surface area contributed by atoms with Crippen LogP contribution >= 0.6 is 17.2 Å². The Morgan fingerprint density at radius 3 is 1.66 bits per heavy atom. The van der Waals surface area contributed by atoms with Gasteiger partial charge in [-0.25, -0.2) is 18.2 Å². The quantitative estimate of drug-likeness (QED) is 0.229. The Kier molecular flexibility index (Phi) is 12.1. The van der Waals surface area contributed by atoms with Crippen LogP contribution in [0.3, 0.4) is 0 Å². The third kappa shape index (κ3) is 8.20. The maximum atomic E-state index is 3.78. The zero-order valence-corrected chi connectivity index (χ0v) is 25.8. The van der Waals surface area contributed by atoms with Crippen LogP contribution in [0.25, 0.3) is 0 Å². The SMILES string of the molecule is CC(C)(C)P(Cc1cc[cH-]c1C(P)(C1NCCCN1)C1NCCCN1)C(C)(C)C.[Fe+2].c1cc[cH-]c1. The van der Waals surface area contributed by atoms with E-state index in [9.17, 15) is 0 Å². The zero-order valence-electron chi connectivity index (χ0n) is 22.6. The van der Waals surface area contributed by atoms with Gasteiger partial charge in [-0.1, -0.05) is 47.7 Å². The van der Waals surface area contributed by atoms with Crippen molar-refractivity contribution in [2.45, 2.75) is 88.3 Å². The van der Waals surface area contributed by atoms with Gasteiger partial charge in [0.25, 0.3) is 0 Å². The first-order valence-corrected chi connectivity index (χ1v) is 15.1. The molecule has 0 amide bonds. The summed E-state index contributed by atoms with van der Waals surface area (Å²) in [7, 11) is 3.09. The molecule has 4 rings (SSSR count). The second-order valence-corrected chi connectivity index (χ2v) is 16.5. The van der Waals surface area contributed by atoms with Gasteiger partial charge in [0.15, 0.2) is 0 Å². The van der Waals surface area contributed by atoms with E-state index in [2.05, 4.69) is 90.2 Å². The smallest absolute Gasteiger partial charge is 0.301 e. The van der Waals surface area contributed by atoms with Crippen LogP contribution in [0, 0.1) is 0 Å². The molecule has 4 N–H and O–H groups in total. The fourth-order valence-electron chi connectivity index (χ4n) is 5.45. The standard InChI is InChI=1S/C23H43N4P2.C5H5.Fe/c1-21(2,3)29(22(4,5)6)16-17-10-7-11-18(17)23(28,19-24-12-8-13-25-19)20-26-14-9-15-27-20;1-2-4-5-3-1;/h7,10-11,19-20,24-27H,8-9,12-16,28H2,1-6H3;1-5H;/q2*-1;+2. The molecule has 2 aliphatic heterocycles. The van der Waals surface area contributed by atoms with Crippen LogP contribution in [0.15, 0.2) is 48.5 Å². The molecule has 1 unspecified atom stereocenters. The van der Waals surface area contributed by atoms with Gasteiger partial charge in [0.2, 0.25) is 0 Å². The normalized spacial score (nSPS) is 18.6. The van der Waals surface area contributed by atoms with Gasteiger partial charge in [-0.3, -0.25) is 0 Å². The minimum Gasteiger partial charge on any atom is -0.301 e. The predicted octanol–water partition coefficient (Wildman–Crippen LogP) is 5.28. The predicted molar refractivity (Wildman–Crippen MR) is 154 cm³/mol. The number of nitrogens with one attached hydrogen (secondary N) is 4. The molecule has 7 heteroatoms. The Morgan fingerprint density at radius 1 is 0.829 bits per heavy atom. The fourth-order valence-corrected chi connectivity index (χ4v) is 9.78. The molecular formula is C28H48FeN4P2. The first-order valence-electron chi connectivity index (χ1n) is 13.0. The average molecular weight is 559 g/mol. The molecule has 2 heterocycles. The van der Waals surface area contributed by atoms with Gasteiger partial charge in [0.05, 0.1) is 12.3 Å². The van der Waals surface area contributed by atoms with E-state index in [-0.39, 0.29) is 42.5 Å². The molecule has 4 nitrogen and oxygen atoms in total. The Labute approximate surface area is 229 Å². The Morgan fingerprint density at radius 2 is 1.29 bits per heavy atom. The van der Waals surface area contributed by atoms with Gasteiger partial charge < -0.3 is 21.3 Å². The van der Waals surface area contributed by atoms with Crippen LogP contribution in [-0.4, -0.2) is 48.8 Å². The number of hydrogen-bond donors (Lipinski definition) is 4. The molecule has 0 aromatic heterocycles. The fraction of sp³-hybridized carbons (Fsp3) is 0.643. The minimum absolute atomic E-state index is 0. The second-order valence-electron chi connectivity index (χ2n) is 11.7. The van der Waals surface area contributed by atoms with Crippen LogP contribution < -0.4 is 21.3 Å². The summed E-state index contributed by atoms with van der Waals surface area (Å²) in [5.74, 6) is 0. The molecule has 2 aliphatic rings. The topological polar surface area (TPSA) is 48.1 Å². The van der Waals surface area contributed by atoms with E-state index in [0.29, 0.717) is 10.3 Å². The van der Waals surface area contributed by atoms with Crippen molar-refractivity contribution in [3.8, 4) is 0 Å². The van der Waals surface area contributed by atoms with E-state index in [1.54, 1.807) is 0 Å². The molecule has 198 valence electrons. The molecule has 1 atom stereocenters. The Hall–Kier alpha value is -0.0805. The molecular weight excluding hydrogens is 510 g/mol. The van der Waals surface area contributed by atoms with Crippen molar-refractivity contribution < 1.29 is 17.1 Å². The molecule has 0 saturated carbocycles. The summed E-state index contributed by atoms with van der Waals surface area (Å²) in [6, 6.07) is 17.0. The van der Waals surface area contributed by atoms with Gasteiger partial charge in [0.1, 0.15) is 0 Å². The van der Waals surface area contributed by atoms with Crippen molar-refractivity contribution in [2.24, 2.45) is 0 Å². The Balaban J connectivity index is 0.000000640. The second kappa shape index (κ2) is 13.6. The molecule has 0 spiro atoms. The monoisotopic (exact) mass is 558 g/mol. The summed E-state index contributed by atoms with van der Waals surface area (Å²) >= 11 is 0. The minimum atomic E-state index is -0.182. The van der Waals surface area contributed by atoms with E-state index < -0.39 is 0 Å². The summed E-state index contributed by atoms with van der Waals surface area (Å²) in [4.78, 5) is 0. The molecule has 2 aromatic carbocycles. The van der Waals surface area contributed by atoms with Gasteiger partial charge in [-0.2, -0.15) is 35.9 Å². The first-order chi connectivity index (χ1) is 16.0. The van der Waals surface area contributed by atoms with Gasteiger partial charge in [0, 0.05) is 5.16 Å². The van der Waals surface area contributed by atoms with Crippen molar-refractivity contribution in [3.05, 3.63) is 59.7 Å². The zero-order chi connectivity index (χ0) is 24.8. The van der Waals surface area contributed by atoms with Crippen LogP contribution in [0.5, 0.6) is 0 Å². The maximum absolute atomic E-state index is 3.78. The molecule has 2 saturated heterocycles. The van der Waals surface area contributed by atoms with E-state index in [0.717, 1.165) is 26.2 Å². The van der Waals surface area contributed by atoms with E-state index in [1.807, 2.05) is 30.3 Å². The van der Waals surface area contributed by atoms with Crippen LogP contribution in [-0.2, 0) is 28.4 Å². The van der Waals surface area contributed by atoms with Crippen molar-refractivity contribution in [3.63, 3.8) is 0 Å². The van der Waals surface area contributed by atoms with Crippen molar-refractivity contribution in [1.29, 1.82) is 0 Å². The van der Waals surface area contributed by atoms with Crippen LogP contribution in [0.2, 0.25) is 0 Å². The van der Waals surface area contributed by atoms with Gasteiger partial charge in [-0.05, 0) is 49.3 Å². The number of rotatable bonds is 5. The largest absolute Gasteiger partial charge is 2.00 e. The summed E-state index contributed by atoms with van der Waals surface area (Å²) in [5.41, 5.74) is 3.00. The van der Waals surface area contributed by atoms with Crippen molar-refractivity contribution >= 4 is 17.2 Å². The first kappa shape index (κ1) is 31.1. The number of hydrogen-bond acceptors (Lipinski definition) is 4. The van der Waals surface area contributed by atoms with Crippen LogP contribution in [0.1, 0.15) is 65.5 Å². The van der Waals surface area contributed by atoms with E-state index in [1.165, 1.54) is 30.1 Å². The Bertz CT molecular complexity index is 777. The summed E-state index contributed by atoms with van der Waals surface area (Å²) in [6.07, 6.45) is 4.04. The summed E-state index contributed by atoms with van der Waals surface area (Å²) < 4.78 is 0. The molecule has 2 fully saturated rings. The molecule has 2 aromatic rings. The maximum Gasteiger partial charge on any atom is 2.00 e. The van der Waals surface area contributed by atoms with Gasteiger partial charge >= 0.3 is 17.1 Å². The average Bonchev–Trinajstić information content (AvgIpc) is 3.52. The van der Waals surface area contributed by atoms with Crippen molar-refractivity contribution in [2.75, 3.05) is 26.2 Å². The summed E-state index contributed by atoms with van der Waals surface area (Å²) in [5, 5.41) is 15.6. The molecule has 35 heavy (non-hydrogen) atoms. The third-order valence-corrected chi connectivity index (χ3v) is 11.8. The third-order valence-electron chi connectivity index (χ3n) is 6.93. The summed E-state index contributed by atoms with van der Waals surface area (Å²) in [6.45, 7) is 18.9. The molecule has 0 radical (unpaired) electrons. The van der Waals surface area contributed by atoms with Crippen molar-refractivity contribution in [1.82, 2.24) is 21.3 Å². The van der Waals surface area contributed by atoms with E-state index >= 15 is 0 Å². The molecule has 0 bridgehead atoms. The van der Waals surface area contributed by atoms with E-state index in [4.69, 9.17) is 0 Å². The molecule has 0 aliphatic carbocycles. The van der Waals surface area contributed by atoms with Gasteiger partial charge in [-0.15, -0.1) is 22.7 Å².